The Bertz CT molecular complexity index is 981. The van der Waals surface area contributed by atoms with Crippen LogP contribution in [0.5, 0.6) is 11.5 Å². The normalized spacial score (nSPS) is 11.0. The predicted molar refractivity (Wildman–Crippen MR) is 122 cm³/mol. The summed E-state index contributed by atoms with van der Waals surface area (Å²) in [6.07, 6.45) is 2.08. The average Bonchev–Trinajstić information content (AvgIpc) is 2.78. The van der Waals surface area contributed by atoms with Gasteiger partial charge >= 0.3 is 6.03 Å². The van der Waals surface area contributed by atoms with E-state index in [1.54, 1.807) is 19.1 Å². The first-order valence-corrected chi connectivity index (χ1v) is 9.68. The van der Waals surface area contributed by atoms with Crippen LogP contribution in [0.15, 0.2) is 84.4 Å². The van der Waals surface area contributed by atoms with Crippen LogP contribution in [-0.4, -0.2) is 26.8 Å². The van der Waals surface area contributed by atoms with Gasteiger partial charge in [-0.2, -0.15) is 0 Å². The minimum atomic E-state index is -0.217. The lowest BCUT2D eigenvalue weighted by molar-refractivity contribution is 0.257. The number of ether oxygens (including phenoxy) is 2. The highest BCUT2D eigenvalue weighted by molar-refractivity contribution is 6.02. The molecule has 0 bridgehead atoms. The zero-order chi connectivity index (χ0) is 21.3. The third kappa shape index (κ3) is 5.64. The molecule has 154 valence electrons. The van der Waals surface area contributed by atoms with Crippen LogP contribution in [-0.2, 0) is 0 Å². The first-order valence-electron chi connectivity index (χ1n) is 9.68. The molecule has 5 nitrogen and oxygen atoms in total. The Morgan fingerprint density at radius 3 is 2.00 bits per heavy atom. The molecule has 1 N–H and O–H groups in total. The summed E-state index contributed by atoms with van der Waals surface area (Å²) in [6.45, 7) is 2.47. The van der Waals surface area contributed by atoms with Crippen molar-refractivity contribution in [1.82, 2.24) is 0 Å². The van der Waals surface area contributed by atoms with Gasteiger partial charge < -0.3 is 14.8 Å². The Balaban J connectivity index is 1.83. The van der Waals surface area contributed by atoms with Gasteiger partial charge in [0.05, 0.1) is 14.2 Å². The van der Waals surface area contributed by atoms with Crippen molar-refractivity contribution >= 4 is 23.5 Å². The Labute approximate surface area is 177 Å². The number of urea groups is 1. The minimum Gasteiger partial charge on any atom is -0.497 e. The van der Waals surface area contributed by atoms with E-state index >= 15 is 0 Å². The van der Waals surface area contributed by atoms with Gasteiger partial charge in [0.25, 0.3) is 0 Å². The molecule has 0 heterocycles. The van der Waals surface area contributed by atoms with Gasteiger partial charge in [0, 0.05) is 17.9 Å². The van der Waals surface area contributed by atoms with Crippen LogP contribution in [0.3, 0.4) is 0 Å². The van der Waals surface area contributed by atoms with Crippen LogP contribution in [0.2, 0.25) is 0 Å². The van der Waals surface area contributed by atoms with E-state index < -0.39 is 0 Å². The molecule has 0 spiro atoms. The molecule has 0 aliphatic rings. The Kier molecular flexibility index (Phi) is 7.11. The highest BCUT2D eigenvalue weighted by atomic mass is 16.5. The fourth-order valence-electron chi connectivity index (χ4n) is 3.04. The van der Waals surface area contributed by atoms with Crippen LogP contribution in [0.4, 0.5) is 16.2 Å². The van der Waals surface area contributed by atoms with Gasteiger partial charge in [-0.1, -0.05) is 42.0 Å². The summed E-state index contributed by atoms with van der Waals surface area (Å²) in [7, 11) is 3.23. The van der Waals surface area contributed by atoms with Crippen molar-refractivity contribution in [2.45, 2.75) is 6.92 Å². The van der Waals surface area contributed by atoms with E-state index in [0.717, 1.165) is 28.3 Å². The molecule has 2 amide bonds. The molecule has 0 saturated heterocycles. The number of nitrogens with one attached hydrogen (secondary N) is 1. The molecule has 0 aromatic heterocycles. The quantitative estimate of drug-likeness (QED) is 0.540. The number of hydrogen-bond acceptors (Lipinski definition) is 3. The molecule has 3 rings (SSSR count). The maximum Gasteiger partial charge on any atom is 0.326 e. The zero-order valence-corrected chi connectivity index (χ0v) is 17.5. The van der Waals surface area contributed by atoms with Crippen LogP contribution in [0.25, 0.3) is 6.08 Å². The number of carbonyl (C=O) groups is 1. The number of hydrogen-bond donors (Lipinski definition) is 1. The number of methoxy groups -OCH3 is 2. The SMILES string of the molecule is COc1ccc(NC(=O)N(CC(C)=Cc2ccccc2)c2ccc(OC)cc2)cc1. The van der Waals surface area contributed by atoms with Crippen molar-refractivity contribution in [3.05, 3.63) is 90.0 Å². The molecule has 0 fully saturated rings. The lowest BCUT2D eigenvalue weighted by atomic mass is 10.1. The maximum absolute atomic E-state index is 13.1. The van der Waals surface area contributed by atoms with Gasteiger partial charge in [-0.3, -0.25) is 4.90 Å². The minimum absolute atomic E-state index is 0.217. The predicted octanol–water partition coefficient (Wildman–Crippen LogP) is 5.85. The fraction of sp³-hybridized carbons (Fsp3) is 0.160. The molecule has 0 aliphatic carbocycles. The number of rotatable bonds is 7. The zero-order valence-electron chi connectivity index (χ0n) is 17.5. The molecule has 0 atom stereocenters. The Hall–Kier alpha value is -3.73. The second-order valence-corrected chi connectivity index (χ2v) is 6.84. The number of carbonyl (C=O) groups excluding carboxylic acids is 1. The lowest BCUT2D eigenvalue weighted by Gasteiger charge is -2.24. The van der Waals surface area contributed by atoms with Crippen molar-refractivity contribution in [3.8, 4) is 11.5 Å². The third-order valence-corrected chi connectivity index (χ3v) is 4.59. The number of nitrogens with zero attached hydrogens (tertiary/aromatic N) is 1. The summed E-state index contributed by atoms with van der Waals surface area (Å²) >= 11 is 0. The van der Waals surface area contributed by atoms with Crippen LogP contribution < -0.4 is 19.7 Å². The van der Waals surface area contributed by atoms with E-state index in [0.29, 0.717) is 12.2 Å². The molecule has 30 heavy (non-hydrogen) atoms. The van der Waals surface area contributed by atoms with E-state index in [1.807, 2.05) is 85.8 Å². The van der Waals surface area contributed by atoms with Crippen molar-refractivity contribution in [2.75, 3.05) is 31.0 Å². The third-order valence-electron chi connectivity index (χ3n) is 4.59. The largest absolute Gasteiger partial charge is 0.497 e. The van der Waals surface area contributed by atoms with E-state index in [9.17, 15) is 4.79 Å². The molecule has 3 aromatic carbocycles. The topological polar surface area (TPSA) is 50.8 Å². The summed E-state index contributed by atoms with van der Waals surface area (Å²) in [4.78, 5) is 14.8. The van der Waals surface area contributed by atoms with Crippen LogP contribution in [0, 0.1) is 0 Å². The van der Waals surface area contributed by atoms with Crippen molar-refractivity contribution < 1.29 is 14.3 Å². The van der Waals surface area contributed by atoms with Gasteiger partial charge in [0.15, 0.2) is 0 Å². The van der Waals surface area contributed by atoms with Gasteiger partial charge in [0.1, 0.15) is 11.5 Å². The molecular weight excluding hydrogens is 376 g/mol. The number of anilines is 2. The second kappa shape index (κ2) is 10.2. The van der Waals surface area contributed by atoms with Crippen molar-refractivity contribution in [2.24, 2.45) is 0 Å². The fourth-order valence-corrected chi connectivity index (χ4v) is 3.04. The number of amides is 2. The molecule has 0 unspecified atom stereocenters. The van der Waals surface area contributed by atoms with Gasteiger partial charge in [-0.15, -0.1) is 0 Å². The highest BCUT2D eigenvalue weighted by Gasteiger charge is 2.17. The van der Waals surface area contributed by atoms with E-state index in [-0.39, 0.29) is 6.03 Å². The molecule has 0 saturated carbocycles. The summed E-state index contributed by atoms with van der Waals surface area (Å²) in [5, 5.41) is 2.96. The lowest BCUT2D eigenvalue weighted by Crippen LogP contribution is -2.36. The van der Waals surface area contributed by atoms with E-state index in [1.165, 1.54) is 0 Å². The Morgan fingerprint density at radius 2 is 1.43 bits per heavy atom. The molecule has 3 aromatic rings. The van der Waals surface area contributed by atoms with E-state index in [4.69, 9.17) is 9.47 Å². The molecule has 0 radical (unpaired) electrons. The van der Waals surface area contributed by atoms with Crippen LogP contribution in [0.1, 0.15) is 12.5 Å². The average molecular weight is 402 g/mol. The van der Waals surface area contributed by atoms with E-state index in [2.05, 4.69) is 11.4 Å². The monoisotopic (exact) mass is 402 g/mol. The molecule has 5 heteroatoms. The Morgan fingerprint density at radius 1 is 0.867 bits per heavy atom. The van der Waals surface area contributed by atoms with Crippen LogP contribution >= 0.6 is 0 Å². The summed E-state index contributed by atoms with van der Waals surface area (Å²) in [6, 6.07) is 24.5. The first kappa shape index (κ1) is 21.0. The van der Waals surface area contributed by atoms with Crippen molar-refractivity contribution in [1.29, 1.82) is 0 Å². The van der Waals surface area contributed by atoms with Gasteiger partial charge in [-0.05, 0) is 61.0 Å². The molecule has 0 aliphatic heterocycles. The van der Waals surface area contributed by atoms with Gasteiger partial charge in [-0.25, -0.2) is 4.79 Å². The maximum atomic E-state index is 13.1. The second-order valence-electron chi connectivity index (χ2n) is 6.84. The summed E-state index contributed by atoms with van der Waals surface area (Å²) in [5.74, 6) is 1.48. The first-order chi connectivity index (χ1) is 14.6. The van der Waals surface area contributed by atoms with Crippen molar-refractivity contribution in [3.63, 3.8) is 0 Å². The smallest absolute Gasteiger partial charge is 0.326 e. The molecular formula is C25H26N2O3. The van der Waals surface area contributed by atoms with Gasteiger partial charge in [0.2, 0.25) is 0 Å². The number of benzene rings is 3. The summed E-state index contributed by atoms with van der Waals surface area (Å²) in [5.41, 5.74) is 3.63. The standard InChI is InChI=1S/C25H26N2O3/c1-19(17-20-7-5-4-6-8-20)18-27(22-11-15-24(30-3)16-12-22)25(28)26-21-9-13-23(29-2)14-10-21/h4-17H,18H2,1-3H3,(H,26,28). The highest BCUT2D eigenvalue weighted by Crippen LogP contribution is 2.23. The summed E-state index contributed by atoms with van der Waals surface area (Å²) < 4.78 is 10.4.